The number of carbonyl (C=O) groups excluding carboxylic acids is 1. The Morgan fingerprint density at radius 3 is 1.48 bits per heavy atom. The summed E-state index contributed by atoms with van der Waals surface area (Å²) in [6, 6.07) is -0.933. The van der Waals surface area contributed by atoms with Gasteiger partial charge in [0.15, 0.2) is 12.6 Å². The minimum Gasteiger partial charge on any atom is -0.394 e. The lowest BCUT2D eigenvalue weighted by atomic mass is 9.97. The fourth-order valence-electron chi connectivity index (χ4n) is 8.50. The van der Waals surface area contributed by atoms with Crippen LogP contribution in [0.3, 0.4) is 0 Å². The maximum Gasteiger partial charge on any atom is 0.220 e. The van der Waals surface area contributed by atoms with E-state index in [1.807, 2.05) is 6.08 Å². The molecule has 2 heterocycles. The van der Waals surface area contributed by atoms with E-state index in [0.717, 1.165) is 44.9 Å². The van der Waals surface area contributed by atoms with E-state index in [2.05, 4.69) is 43.5 Å². The minimum atomic E-state index is -1.79. The first-order chi connectivity index (χ1) is 32.1. The summed E-state index contributed by atoms with van der Waals surface area (Å²) < 4.78 is 22.7. The molecule has 0 radical (unpaired) electrons. The van der Waals surface area contributed by atoms with E-state index >= 15 is 0 Å². The van der Waals surface area contributed by atoms with Gasteiger partial charge in [-0.15, -0.1) is 0 Å². The first-order valence-electron chi connectivity index (χ1n) is 26.2. The Balaban J connectivity index is 1.84. The van der Waals surface area contributed by atoms with Crippen molar-refractivity contribution in [2.24, 2.45) is 0 Å². The van der Waals surface area contributed by atoms with E-state index in [1.165, 1.54) is 116 Å². The summed E-state index contributed by atoms with van der Waals surface area (Å²) in [4.78, 5) is 13.1. The topological polar surface area (TPSA) is 228 Å². The van der Waals surface area contributed by atoms with Gasteiger partial charge in [0.25, 0.3) is 0 Å². The fourth-order valence-corrected chi connectivity index (χ4v) is 8.50. The van der Waals surface area contributed by atoms with Crippen LogP contribution in [-0.2, 0) is 23.7 Å². The number of unbranched alkanes of at least 4 members (excludes halogenated alkanes) is 23. The Hall–Kier alpha value is -1.79. The molecule has 2 rings (SSSR count). The molecule has 0 aliphatic carbocycles. The number of aliphatic hydroxyl groups is 8. The summed E-state index contributed by atoms with van der Waals surface area (Å²) in [5.74, 6) is -0.255. The zero-order valence-corrected chi connectivity index (χ0v) is 40.9. The van der Waals surface area contributed by atoms with Crippen molar-refractivity contribution in [2.75, 3.05) is 19.8 Å². The van der Waals surface area contributed by atoms with E-state index < -0.39 is 86.8 Å². The third kappa shape index (κ3) is 25.7. The van der Waals surface area contributed by atoms with Gasteiger partial charge in [0.1, 0.15) is 48.8 Å². The molecule has 386 valence electrons. The lowest BCUT2D eigenvalue weighted by molar-refractivity contribution is -0.359. The van der Waals surface area contributed by atoms with Crippen LogP contribution in [0.1, 0.15) is 194 Å². The highest BCUT2D eigenvalue weighted by molar-refractivity contribution is 5.76. The summed E-state index contributed by atoms with van der Waals surface area (Å²) >= 11 is 0. The van der Waals surface area contributed by atoms with Gasteiger partial charge in [0.2, 0.25) is 5.91 Å². The van der Waals surface area contributed by atoms with E-state index in [1.54, 1.807) is 6.08 Å². The largest absolute Gasteiger partial charge is 0.394 e. The quantitative estimate of drug-likeness (QED) is 0.0221. The van der Waals surface area contributed by atoms with Gasteiger partial charge in [-0.1, -0.05) is 179 Å². The van der Waals surface area contributed by atoms with E-state index in [0.29, 0.717) is 12.8 Å². The van der Waals surface area contributed by atoms with Crippen LogP contribution in [-0.4, -0.2) is 140 Å². The highest BCUT2D eigenvalue weighted by atomic mass is 16.7. The molecular formula is C52H95NO13. The number of amides is 1. The van der Waals surface area contributed by atoms with Crippen LogP contribution in [0.2, 0.25) is 0 Å². The lowest BCUT2D eigenvalue weighted by Gasteiger charge is -2.46. The molecule has 0 spiro atoms. The van der Waals surface area contributed by atoms with Gasteiger partial charge in [-0.3, -0.25) is 4.79 Å². The first kappa shape index (κ1) is 60.3. The smallest absolute Gasteiger partial charge is 0.220 e. The van der Waals surface area contributed by atoms with Crippen LogP contribution in [0, 0.1) is 0 Å². The van der Waals surface area contributed by atoms with Crippen LogP contribution < -0.4 is 5.32 Å². The number of ether oxygens (including phenoxy) is 4. The monoisotopic (exact) mass is 942 g/mol. The second kappa shape index (κ2) is 39.0. The zero-order valence-electron chi connectivity index (χ0n) is 40.9. The molecule has 2 fully saturated rings. The third-order valence-corrected chi connectivity index (χ3v) is 12.8. The van der Waals surface area contributed by atoms with Gasteiger partial charge in [-0.2, -0.15) is 0 Å². The molecule has 0 bridgehead atoms. The molecule has 12 atom stereocenters. The van der Waals surface area contributed by atoms with Crippen LogP contribution in [0.15, 0.2) is 36.5 Å². The summed E-state index contributed by atoms with van der Waals surface area (Å²) in [5.41, 5.74) is 0. The number of carbonyl (C=O) groups is 1. The highest BCUT2D eigenvalue weighted by Gasteiger charge is 2.51. The van der Waals surface area contributed by atoms with Gasteiger partial charge in [-0.05, 0) is 44.9 Å². The predicted octanol–water partition coefficient (Wildman–Crippen LogP) is 7.10. The van der Waals surface area contributed by atoms with Gasteiger partial charge < -0.3 is 65.1 Å². The van der Waals surface area contributed by atoms with Crippen molar-refractivity contribution >= 4 is 5.91 Å². The van der Waals surface area contributed by atoms with Crippen molar-refractivity contribution in [3.05, 3.63) is 36.5 Å². The molecule has 66 heavy (non-hydrogen) atoms. The second-order valence-electron chi connectivity index (χ2n) is 18.6. The molecule has 0 saturated carbocycles. The van der Waals surface area contributed by atoms with E-state index in [9.17, 15) is 45.6 Å². The second-order valence-corrected chi connectivity index (χ2v) is 18.6. The van der Waals surface area contributed by atoms with Crippen LogP contribution in [0.5, 0.6) is 0 Å². The fraction of sp³-hybridized carbons (Fsp3) is 0.865. The normalized spacial score (nSPS) is 27.1. The average molecular weight is 942 g/mol. The standard InChI is InChI=1S/C52H95NO13/c1-3-5-7-9-11-13-15-16-17-18-19-20-21-22-23-24-26-27-29-31-33-35-41(56)40(53-44(57)36-34-32-30-28-25-14-12-10-8-6-4-2)39-63-51-49(62)47(60)50(43(38-55)65-51)66-52-48(61)46(59)45(58)42(37-54)64-52/h21-22,26-27,33,35,40-43,45-52,54-56,58-62H,3-20,23-25,28-32,34,36-39H2,1-2H3,(H,53,57)/b22-21+,27-26+,35-33+. The van der Waals surface area contributed by atoms with Crippen LogP contribution >= 0.6 is 0 Å². The van der Waals surface area contributed by atoms with Crippen LogP contribution in [0.25, 0.3) is 0 Å². The first-order valence-corrected chi connectivity index (χ1v) is 26.2. The minimum absolute atomic E-state index is 0.255. The van der Waals surface area contributed by atoms with Gasteiger partial charge in [-0.25, -0.2) is 0 Å². The molecule has 14 nitrogen and oxygen atoms in total. The van der Waals surface area contributed by atoms with Gasteiger partial charge in [0.05, 0.1) is 32.0 Å². The summed E-state index contributed by atoms with van der Waals surface area (Å²) in [7, 11) is 0. The number of nitrogens with one attached hydrogen (secondary N) is 1. The molecule has 1 amide bonds. The summed E-state index contributed by atoms with van der Waals surface area (Å²) in [5, 5.41) is 86.7. The van der Waals surface area contributed by atoms with Crippen molar-refractivity contribution in [3.8, 4) is 0 Å². The van der Waals surface area contributed by atoms with E-state index in [-0.39, 0.29) is 18.9 Å². The molecule has 0 aromatic rings. The zero-order chi connectivity index (χ0) is 48.2. The molecular weight excluding hydrogens is 847 g/mol. The van der Waals surface area contributed by atoms with Crippen molar-refractivity contribution in [2.45, 2.75) is 267 Å². The lowest BCUT2D eigenvalue weighted by Crippen LogP contribution is -2.65. The number of rotatable bonds is 40. The molecule has 2 aliphatic rings. The molecule has 2 aliphatic heterocycles. The predicted molar refractivity (Wildman–Crippen MR) is 258 cm³/mol. The van der Waals surface area contributed by atoms with E-state index in [4.69, 9.17) is 18.9 Å². The van der Waals surface area contributed by atoms with Crippen molar-refractivity contribution < 1.29 is 64.6 Å². The van der Waals surface area contributed by atoms with Gasteiger partial charge >= 0.3 is 0 Å². The number of aliphatic hydroxyl groups excluding tert-OH is 8. The molecule has 0 aromatic carbocycles. The van der Waals surface area contributed by atoms with Crippen molar-refractivity contribution in [3.63, 3.8) is 0 Å². The molecule has 9 N–H and O–H groups in total. The molecule has 12 unspecified atom stereocenters. The summed E-state index contributed by atoms with van der Waals surface area (Å²) in [6.45, 7) is 2.75. The molecule has 0 aromatic heterocycles. The average Bonchev–Trinajstić information content (AvgIpc) is 3.31. The van der Waals surface area contributed by atoms with Crippen molar-refractivity contribution in [1.82, 2.24) is 5.32 Å². The third-order valence-electron chi connectivity index (χ3n) is 12.8. The Morgan fingerprint density at radius 1 is 0.530 bits per heavy atom. The molecule has 2 saturated heterocycles. The Kier molecular flexibility index (Phi) is 35.6. The maximum atomic E-state index is 13.1. The highest BCUT2D eigenvalue weighted by Crippen LogP contribution is 2.30. The maximum absolute atomic E-state index is 13.1. The summed E-state index contributed by atoms with van der Waals surface area (Å²) in [6.07, 6.45) is 27.7. The van der Waals surface area contributed by atoms with Crippen molar-refractivity contribution in [1.29, 1.82) is 0 Å². The number of hydrogen-bond acceptors (Lipinski definition) is 13. The van der Waals surface area contributed by atoms with Gasteiger partial charge in [0, 0.05) is 6.42 Å². The van der Waals surface area contributed by atoms with Crippen LogP contribution in [0.4, 0.5) is 0 Å². The Bertz CT molecular complexity index is 1250. The number of allylic oxidation sites excluding steroid dienone is 5. The SMILES string of the molecule is CCCCCCCCCCCCC/C=C/CC/C=C/CC/C=C/C(O)C(COC1OC(CO)C(OC2OC(CO)C(O)C(O)C2O)C(O)C1O)NC(=O)CCCCCCCCCCCCC. The number of hydrogen-bond donors (Lipinski definition) is 9. The Morgan fingerprint density at radius 2 is 0.970 bits per heavy atom. The molecule has 14 heteroatoms. The Labute approximate surface area is 398 Å².